The van der Waals surface area contributed by atoms with Crippen LogP contribution in [0.4, 0.5) is 5.82 Å². The van der Waals surface area contributed by atoms with Gasteiger partial charge in [0.15, 0.2) is 0 Å². The predicted molar refractivity (Wildman–Crippen MR) is 99.1 cm³/mol. The quantitative estimate of drug-likeness (QED) is 0.615. The third-order valence-electron chi connectivity index (χ3n) is 4.48. The van der Waals surface area contributed by atoms with Gasteiger partial charge in [0.25, 0.3) is 18.2 Å². The predicted octanol–water partition coefficient (Wildman–Crippen LogP) is 0.194. The van der Waals surface area contributed by atoms with Crippen LogP contribution < -0.4 is 4.90 Å². The molecule has 1 amide bonds. The van der Waals surface area contributed by atoms with Crippen LogP contribution in [-0.4, -0.2) is 78.1 Å². The van der Waals surface area contributed by atoms with Crippen LogP contribution in [0.25, 0.3) is 5.78 Å². The minimum atomic E-state index is -0.250. The second-order valence-corrected chi connectivity index (χ2v) is 6.09. The van der Waals surface area contributed by atoms with Gasteiger partial charge in [-0.15, -0.1) is 5.10 Å². The van der Waals surface area contributed by atoms with Gasteiger partial charge in [0.1, 0.15) is 12.1 Å². The molecule has 11 heteroatoms. The number of hydrogen-bond donors (Lipinski definition) is 1. The average Bonchev–Trinajstić information content (AvgIpc) is 3.15. The molecule has 0 aliphatic carbocycles. The lowest BCUT2D eigenvalue weighted by Gasteiger charge is -2.35. The molecule has 0 saturated carbocycles. The van der Waals surface area contributed by atoms with Crippen LogP contribution in [0.3, 0.4) is 0 Å². The van der Waals surface area contributed by atoms with E-state index in [1.54, 1.807) is 29.7 Å². The van der Waals surface area contributed by atoms with E-state index in [0.717, 1.165) is 17.1 Å². The molecular weight excluding hydrogens is 364 g/mol. The first-order valence-corrected chi connectivity index (χ1v) is 8.62. The Morgan fingerprint density at radius 3 is 2.54 bits per heavy atom. The van der Waals surface area contributed by atoms with Gasteiger partial charge in [-0.1, -0.05) is 0 Å². The second-order valence-electron chi connectivity index (χ2n) is 6.09. The summed E-state index contributed by atoms with van der Waals surface area (Å²) < 4.78 is 1.51. The van der Waals surface area contributed by atoms with E-state index < -0.39 is 0 Å². The van der Waals surface area contributed by atoms with Gasteiger partial charge in [-0.3, -0.25) is 9.59 Å². The number of nitrogens with zero attached hydrogens (tertiary/aromatic N) is 8. The molecular formula is C17H20N8O3. The lowest BCUT2D eigenvalue weighted by atomic mass is 10.2. The van der Waals surface area contributed by atoms with Crippen molar-refractivity contribution in [2.45, 2.75) is 13.8 Å². The van der Waals surface area contributed by atoms with Gasteiger partial charge in [0, 0.05) is 49.8 Å². The minimum Gasteiger partial charge on any atom is -0.483 e. The first-order chi connectivity index (χ1) is 13.5. The molecule has 1 aliphatic heterocycles. The highest BCUT2D eigenvalue weighted by Crippen LogP contribution is 2.20. The highest BCUT2D eigenvalue weighted by Gasteiger charge is 2.26. The zero-order valence-electron chi connectivity index (χ0n) is 15.6. The molecule has 1 fully saturated rings. The Hall–Kier alpha value is -3.63. The monoisotopic (exact) mass is 384 g/mol. The molecule has 0 unspecified atom stereocenters. The van der Waals surface area contributed by atoms with Crippen LogP contribution in [0.5, 0.6) is 0 Å². The van der Waals surface area contributed by atoms with Gasteiger partial charge in [-0.2, -0.15) is 4.98 Å². The van der Waals surface area contributed by atoms with Crippen LogP contribution in [0.15, 0.2) is 24.8 Å². The fraction of sp³-hybridized carbons (Fsp3) is 0.353. The molecule has 4 rings (SSSR count). The lowest BCUT2D eigenvalue weighted by Crippen LogP contribution is -2.49. The van der Waals surface area contributed by atoms with E-state index in [0.29, 0.717) is 32.0 Å². The summed E-state index contributed by atoms with van der Waals surface area (Å²) >= 11 is 0. The fourth-order valence-electron chi connectivity index (χ4n) is 2.93. The highest BCUT2D eigenvalue weighted by atomic mass is 16.3. The van der Waals surface area contributed by atoms with Gasteiger partial charge < -0.3 is 14.9 Å². The molecule has 1 aliphatic rings. The van der Waals surface area contributed by atoms with E-state index >= 15 is 0 Å². The number of anilines is 1. The number of aryl methyl sites for hydroxylation is 1. The van der Waals surface area contributed by atoms with Crippen molar-refractivity contribution in [1.82, 2.24) is 34.4 Å². The molecule has 3 aromatic heterocycles. The Kier molecular flexibility index (Phi) is 5.72. The average molecular weight is 384 g/mol. The molecule has 11 nitrogen and oxygen atoms in total. The summed E-state index contributed by atoms with van der Waals surface area (Å²) in [6.45, 7) is 6.39. The maximum Gasteiger partial charge on any atom is 0.293 e. The van der Waals surface area contributed by atoms with E-state index in [1.165, 1.54) is 4.52 Å². The number of fused-ring (bicyclic) bond motifs is 1. The Bertz CT molecular complexity index is 948. The second kappa shape index (κ2) is 8.37. The summed E-state index contributed by atoms with van der Waals surface area (Å²) in [6, 6.07) is 1.75. The number of amides is 1. The van der Waals surface area contributed by atoms with E-state index in [-0.39, 0.29) is 18.2 Å². The lowest BCUT2D eigenvalue weighted by molar-refractivity contribution is -0.122. The van der Waals surface area contributed by atoms with Crippen molar-refractivity contribution in [2.24, 2.45) is 0 Å². The number of rotatable bonds is 2. The Morgan fingerprint density at radius 2 is 1.86 bits per heavy atom. The first-order valence-electron chi connectivity index (χ1n) is 8.62. The van der Waals surface area contributed by atoms with Crippen molar-refractivity contribution in [1.29, 1.82) is 0 Å². The summed E-state index contributed by atoms with van der Waals surface area (Å²) in [4.78, 5) is 41.9. The van der Waals surface area contributed by atoms with Crippen LogP contribution >= 0.6 is 0 Å². The Balaban J connectivity index is 0.000000706. The SMILES string of the molecule is Cc1ncnc(N2CCN(C(=O)c3nc4ncccn4n3)CC2)c1C.O=CO. The zero-order chi connectivity index (χ0) is 20.1. The molecule has 0 spiro atoms. The molecule has 1 saturated heterocycles. The third kappa shape index (κ3) is 3.87. The molecule has 0 bridgehead atoms. The molecule has 146 valence electrons. The van der Waals surface area contributed by atoms with E-state index in [2.05, 4.69) is 29.9 Å². The minimum absolute atomic E-state index is 0.166. The summed E-state index contributed by atoms with van der Waals surface area (Å²) in [5.41, 5.74) is 2.06. The number of carboxylic acid groups (broad SMARTS) is 1. The normalized spacial score (nSPS) is 13.8. The number of aromatic nitrogens is 6. The largest absolute Gasteiger partial charge is 0.483 e. The first kappa shape index (κ1) is 19.1. The topological polar surface area (TPSA) is 130 Å². The van der Waals surface area contributed by atoms with Crippen LogP contribution in [0, 0.1) is 13.8 Å². The Labute approximate surface area is 160 Å². The maximum atomic E-state index is 12.6. The van der Waals surface area contributed by atoms with E-state index in [9.17, 15) is 4.79 Å². The van der Waals surface area contributed by atoms with Crippen molar-refractivity contribution in [3.8, 4) is 0 Å². The molecule has 0 radical (unpaired) electrons. The van der Waals surface area contributed by atoms with Crippen molar-refractivity contribution >= 4 is 24.0 Å². The smallest absolute Gasteiger partial charge is 0.293 e. The summed E-state index contributed by atoms with van der Waals surface area (Å²) in [6.07, 6.45) is 4.94. The van der Waals surface area contributed by atoms with Gasteiger partial charge in [-0.25, -0.2) is 19.5 Å². The maximum absolute atomic E-state index is 12.6. The van der Waals surface area contributed by atoms with Crippen molar-refractivity contribution in [3.63, 3.8) is 0 Å². The van der Waals surface area contributed by atoms with Crippen molar-refractivity contribution < 1.29 is 14.7 Å². The van der Waals surface area contributed by atoms with Crippen LogP contribution in [0.2, 0.25) is 0 Å². The zero-order valence-corrected chi connectivity index (χ0v) is 15.6. The standard InChI is InChI=1S/C16H18N8O.CH2O2/c1-11-12(2)18-10-19-14(11)22-6-8-23(9-7-22)15(25)13-20-16-17-4-3-5-24(16)21-13;2-1-3/h3-5,10H,6-9H2,1-2H3;1H,(H,2,3). The van der Waals surface area contributed by atoms with E-state index in [1.807, 2.05) is 13.8 Å². The number of carbonyl (C=O) groups excluding carboxylic acids is 1. The molecule has 0 atom stereocenters. The molecule has 4 heterocycles. The van der Waals surface area contributed by atoms with Crippen LogP contribution in [0.1, 0.15) is 21.9 Å². The molecule has 28 heavy (non-hydrogen) atoms. The molecule has 3 aromatic rings. The van der Waals surface area contributed by atoms with Gasteiger partial charge in [-0.05, 0) is 19.9 Å². The summed E-state index contributed by atoms with van der Waals surface area (Å²) in [5, 5.41) is 11.1. The van der Waals surface area contributed by atoms with Crippen LogP contribution in [-0.2, 0) is 4.79 Å². The molecule has 1 N–H and O–H groups in total. The van der Waals surface area contributed by atoms with E-state index in [4.69, 9.17) is 9.90 Å². The number of hydrogen-bond acceptors (Lipinski definition) is 8. The summed E-state index contributed by atoms with van der Waals surface area (Å²) in [7, 11) is 0. The van der Waals surface area contributed by atoms with Gasteiger partial charge >= 0.3 is 0 Å². The molecule has 0 aromatic carbocycles. The van der Waals surface area contributed by atoms with Crippen molar-refractivity contribution in [2.75, 3.05) is 31.1 Å². The summed E-state index contributed by atoms with van der Waals surface area (Å²) in [5.74, 6) is 1.38. The van der Waals surface area contributed by atoms with Gasteiger partial charge in [0.2, 0.25) is 5.82 Å². The third-order valence-corrected chi connectivity index (χ3v) is 4.48. The van der Waals surface area contributed by atoms with Gasteiger partial charge in [0.05, 0.1) is 0 Å². The highest BCUT2D eigenvalue weighted by molar-refractivity contribution is 5.91. The van der Waals surface area contributed by atoms with Crippen molar-refractivity contribution in [3.05, 3.63) is 41.9 Å². The number of carbonyl (C=O) groups is 2. The Morgan fingerprint density at radius 1 is 1.14 bits per heavy atom. The fourth-order valence-corrected chi connectivity index (χ4v) is 2.93. The number of piperazine rings is 1.